The molecule has 0 aliphatic carbocycles. The van der Waals surface area contributed by atoms with Gasteiger partial charge in [-0.25, -0.2) is 4.79 Å². The Kier molecular flexibility index (Phi) is 6.09. The molecule has 1 aromatic heterocycles. The van der Waals surface area contributed by atoms with Crippen LogP contribution in [0.3, 0.4) is 0 Å². The molecule has 1 aromatic carbocycles. The molecule has 0 saturated carbocycles. The average molecular weight is 321 g/mol. The van der Waals surface area contributed by atoms with E-state index in [0.717, 1.165) is 36.2 Å². The van der Waals surface area contributed by atoms with Gasteiger partial charge in [-0.15, -0.1) is 0 Å². The Bertz CT molecular complexity index is 611. The zero-order chi connectivity index (χ0) is 15.9. The van der Waals surface area contributed by atoms with Crippen LogP contribution in [0.2, 0.25) is 0 Å². The highest BCUT2D eigenvalue weighted by Gasteiger charge is 2.10. The van der Waals surface area contributed by atoms with Crippen molar-refractivity contribution in [3.63, 3.8) is 0 Å². The fourth-order valence-electron chi connectivity index (χ4n) is 2.27. The molecule has 0 radical (unpaired) electrons. The van der Waals surface area contributed by atoms with Crippen molar-refractivity contribution in [2.75, 3.05) is 33.2 Å². The van der Waals surface area contributed by atoms with Gasteiger partial charge in [0.05, 0.1) is 11.7 Å². The van der Waals surface area contributed by atoms with Gasteiger partial charge in [-0.3, -0.25) is 0 Å². The second kappa shape index (κ2) is 8.05. The molecule has 0 fully saturated rings. The average Bonchev–Trinajstić information content (AvgIpc) is 2.99. The van der Waals surface area contributed by atoms with Crippen LogP contribution < -0.4 is 5.32 Å². The summed E-state index contributed by atoms with van der Waals surface area (Å²) in [4.78, 5) is 16.1. The van der Waals surface area contributed by atoms with E-state index in [0.29, 0.717) is 13.1 Å². The summed E-state index contributed by atoms with van der Waals surface area (Å²) < 4.78 is 8.41. The van der Waals surface area contributed by atoms with E-state index < -0.39 is 0 Å². The second-order valence-corrected chi connectivity index (χ2v) is 5.73. The lowest BCUT2D eigenvalue weighted by atomic mass is 10.2. The van der Waals surface area contributed by atoms with Crippen LogP contribution >= 0.6 is 11.7 Å². The third-order valence-corrected chi connectivity index (χ3v) is 4.24. The largest absolute Gasteiger partial charge is 0.337 e. The first-order valence-electron chi connectivity index (χ1n) is 7.56. The highest BCUT2D eigenvalue weighted by molar-refractivity contribution is 7.00. The van der Waals surface area contributed by atoms with Gasteiger partial charge in [0.25, 0.3) is 0 Å². The van der Waals surface area contributed by atoms with Crippen molar-refractivity contribution in [2.24, 2.45) is 0 Å². The summed E-state index contributed by atoms with van der Waals surface area (Å²) in [6.45, 7) is 8.36. The van der Waals surface area contributed by atoms with Gasteiger partial charge in [-0.05, 0) is 30.8 Å². The number of amides is 2. The summed E-state index contributed by atoms with van der Waals surface area (Å²) in [6.07, 6.45) is 0. The molecule has 1 N–H and O–H groups in total. The third-order valence-electron chi connectivity index (χ3n) is 3.68. The van der Waals surface area contributed by atoms with Gasteiger partial charge in [0.15, 0.2) is 0 Å². The quantitative estimate of drug-likeness (QED) is 0.849. The Labute approximate surface area is 135 Å². The number of nitrogens with one attached hydrogen (secondary N) is 1. The molecule has 120 valence electrons. The van der Waals surface area contributed by atoms with Crippen LogP contribution in [0.5, 0.6) is 0 Å². The standard InChI is InChI=1S/C15H23N5OS/c1-4-20(5-2)9-8-16-15(21)19(3)11-12-6-7-13-14(10-12)18-22-17-13/h6-7,10H,4-5,8-9,11H2,1-3H3,(H,16,21). The maximum absolute atomic E-state index is 12.1. The van der Waals surface area contributed by atoms with Crippen LogP contribution in [0.15, 0.2) is 18.2 Å². The van der Waals surface area contributed by atoms with E-state index in [1.165, 1.54) is 11.7 Å². The SMILES string of the molecule is CCN(CC)CCNC(=O)N(C)Cc1ccc2nsnc2c1. The highest BCUT2D eigenvalue weighted by Crippen LogP contribution is 2.14. The van der Waals surface area contributed by atoms with Crippen LogP contribution in [-0.4, -0.2) is 57.8 Å². The first kappa shape index (κ1) is 16.6. The second-order valence-electron chi connectivity index (χ2n) is 5.20. The summed E-state index contributed by atoms with van der Waals surface area (Å²) in [5.74, 6) is 0. The molecule has 0 bridgehead atoms. The Morgan fingerprint density at radius 3 is 2.68 bits per heavy atom. The molecule has 0 aliphatic heterocycles. The zero-order valence-corrected chi connectivity index (χ0v) is 14.2. The number of nitrogens with zero attached hydrogens (tertiary/aromatic N) is 4. The van der Waals surface area contributed by atoms with Crippen molar-refractivity contribution in [1.82, 2.24) is 23.9 Å². The predicted octanol–water partition coefficient (Wildman–Crippen LogP) is 2.17. The maximum Gasteiger partial charge on any atom is 0.317 e. The fraction of sp³-hybridized carbons (Fsp3) is 0.533. The highest BCUT2D eigenvalue weighted by atomic mass is 32.1. The Hall–Kier alpha value is -1.73. The van der Waals surface area contributed by atoms with Crippen molar-refractivity contribution < 1.29 is 4.79 Å². The molecule has 0 unspecified atom stereocenters. The van der Waals surface area contributed by atoms with E-state index >= 15 is 0 Å². The predicted molar refractivity (Wildman–Crippen MR) is 90.1 cm³/mol. The molecule has 0 saturated heterocycles. The summed E-state index contributed by atoms with van der Waals surface area (Å²) in [6, 6.07) is 5.87. The zero-order valence-electron chi connectivity index (χ0n) is 13.4. The number of urea groups is 1. The molecular formula is C15H23N5OS. The van der Waals surface area contributed by atoms with E-state index in [4.69, 9.17) is 0 Å². The van der Waals surface area contributed by atoms with Crippen LogP contribution in [0.25, 0.3) is 11.0 Å². The van der Waals surface area contributed by atoms with Gasteiger partial charge in [0.2, 0.25) is 0 Å². The number of likely N-dealkylation sites (N-methyl/N-ethyl adjacent to an activating group) is 1. The van der Waals surface area contributed by atoms with E-state index in [2.05, 4.69) is 32.8 Å². The van der Waals surface area contributed by atoms with Crippen molar-refractivity contribution in [3.8, 4) is 0 Å². The fourth-order valence-corrected chi connectivity index (χ4v) is 2.78. The summed E-state index contributed by atoms with van der Waals surface area (Å²) in [7, 11) is 1.80. The number of rotatable bonds is 7. The monoisotopic (exact) mass is 321 g/mol. The van der Waals surface area contributed by atoms with Crippen molar-refractivity contribution in [1.29, 1.82) is 0 Å². The van der Waals surface area contributed by atoms with Crippen LogP contribution in [0.1, 0.15) is 19.4 Å². The van der Waals surface area contributed by atoms with Gasteiger partial charge >= 0.3 is 6.03 Å². The molecule has 7 heteroatoms. The minimum Gasteiger partial charge on any atom is -0.337 e. The van der Waals surface area contributed by atoms with E-state index in [1.54, 1.807) is 11.9 Å². The number of hydrogen-bond donors (Lipinski definition) is 1. The lowest BCUT2D eigenvalue weighted by Crippen LogP contribution is -2.41. The van der Waals surface area contributed by atoms with Crippen molar-refractivity contribution >= 4 is 28.8 Å². The summed E-state index contributed by atoms with van der Waals surface area (Å²) in [5.41, 5.74) is 2.85. The number of benzene rings is 1. The smallest absolute Gasteiger partial charge is 0.317 e. The maximum atomic E-state index is 12.1. The summed E-state index contributed by atoms with van der Waals surface area (Å²) >= 11 is 1.21. The van der Waals surface area contributed by atoms with E-state index in [-0.39, 0.29) is 6.03 Å². The van der Waals surface area contributed by atoms with Crippen molar-refractivity contribution in [3.05, 3.63) is 23.8 Å². The van der Waals surface area contributed by atoms with Gasteiger partial charge < -0.3 is 15.1 Å². The van der Waals surface area contributed by atoms with E-state index in [9.17, 15) is 4.79 Å². The Morgan fingerprint density at radius 1 is 1.23 bits per heavy atom. The Morgan fingerprint density at radius 2 is 1.95 bits per heavy atom. The first-order chi connectivity index (χ1) is 10.6. The molecule has 2 amide bonds. The number of carbonyl (C=O) groups excluding carboxylic acids is 1. The molecular weight excluding hydrogens is 298 g/mol. The van der Waals surface area contributed by atoms with Gasteiger partial charge in [-0.2, -0.15) is 8.75 Å². The first-order valence-corrected chi connectivity index (χ1v) is 8.29. The van der Waals surface area contributed by atoms with Crippen LogP contribution in [-0.2, 0) is 6.54 Å². The van der Waals surface area contributed by atoms with Gasteiger partial charge in [0, 0.05) is 26.7 Å². The molecule has 1 heterocycles. The number of carbonyl (C=O) groups is 1. The Balaban J connectivity index is 1.82. The molecule has 0 spiro atoms. The number of fused-ring (bicyclic) bond motifs is 1. The molecule has 22 heavy (non-hydrogen) atoms. The minimum absolute atomic E-state index is 0.0522. The van der Waals surface area contributed by atoms with Crippen LogP contribution in [0, 0.1) is 0 Å². The third kappa shape index (κ3) is 4.38. The van der Waals surface area contributed by atoms with Crippen molar-refractivity contribution in [2.45, 2.75) is 20.4 Å². The lowest BCUT2D eigenvalue weighted by molar-refractivity contribution is 0.204. The van der Waals surface area contributed by atoms with E-state index in [1.807, 2.05) is 18.2 Å². The molecule has 6 nitrogen and oxygen atoms in total. The number of hydrogen-bond acceptors (Lipinski definition) is 5. The summed E-state index contributed by atoms with van der Waals surface area (Å²) in [5, 5.41) is 2.95. The lowest BCUT2D eigenvalue weighted by Gasteiger charge is -2.21. The van der Waals surface area contributed by atoms with Crippen LogP contribution in [0.4, 0.5) is 4.79 Å². The van der Waals surface area contributed by atoms with Gasteiger partial charge in [0.1, 0.15) is 11.0 Å². The normalized spacial score (nSPS) is 11.1. The minimum atomic E-state index is -0.0522. The molecule has 0 atom stereocenters. The number of aromatic nitrogens is 2. The molecule has 0 aliphatic rings. The van der Waals surface area contributed by atoms with Gasteiger partial charge in [-0.1, -0.05) is 19.9 Å². The topological polar surface area (TPSA) is 61.4 Å². The molecule has 2 aromatic rings. The molecule has 2 rings (SSSR count).